The Hall–Kier alpha value is -1.56. The fraction of sp³-hybridized carbons (Fsp3) is 0.667. The predicted molar refractivity (Wildman–Crippen MR) is 70.3 cm³/mol. The second-order valence-electron chi connectivity index (χ2n) is 5.07. The monoisotopic (exact) mass is 251 g/mol. The number of carbonyl (C=O) groups is 1. The van der Waals surface area contributed by atoms with Crippen molar-refractivity contribution in [3.8, 4) is 0 Å². The number of amides is 1. The van der Waals surface area contributed by atoms with Crippen molar-refractivity contribution in [3.63, 3.8) is 0 Å². The number of carbonyl (C=O) groups excluding carboxylic acids is 1. The number of hydrogen-bond donors (Lipinski definition) is 2. The van der Waals surface area contributed by atoms with Gasteiger partial charge >= 0.3 is 0 Å². The minimum atomic E-state index is -0.498. The first-order valence-electron chi connectivity index (χ1n) is 6.36. The molecule has 0 saturated carbocycles. The molecule has 1 aliphatic heterocycles. The molecular weight excluding hydrogens is 230 g/mol. The maximum Gasteiger partial charge on any atom is 0.269 e. The number of nitrogens with zero attached hydrogens (tertiary/aromatic N) is 3. The fourth-order valence-corrected chi connectivity index (χ4v) is 2.33. The van der Waals surface area contributed by atoms with Gasteiger partial charge in [-0.25, -0.2) is 0 Å². The van der Waals surface area contributed by atoms with Gasteiger partial charge in [0.05, 0.1) is 17.4 Å². The molecular formula is C12H21N5O. The van der Waals surface area contributed by atoms with E-state index in [2.05, 4.69) is 23.8 Å². The van der Waals surface area contributed by atoms with Gasteiger partial charge in [-0.15, -0.1) is 0 Å². The quantitative estimate of drug-likeness (QED) is 0.810. The van der Waals surface area contributed by atoms with Crippen LogP contribution in [0.25, 0.3) is 0 Å². The van der Waals surface area contributed by atoms with E-state index in [9.17, 15) is 4.79 Å². The van der Waals surface area contributed by atoms with Crippen LogP contribution < -0.4 is 11.5 Å². The molecule has 100 valence electrons. The molecule has 0 unspecified atom stereocenters. The van der Waals surface area contributed by atoms with Crippen molar-refractivity contribution >= 4 is 11.6 Å². The van der Waals surface area contributed by atoms with Gasteiger partial charge in [0, 0.05) is 19.1 Å². The van der Waals surface area contributed by atoms with Crippen molar-refractivity contribution in [2.75, 3.05) is 18.8 Å². The highest BCUT2D eigenvalue weighted by Gasteiger charge is 2.34. The zero-order valence-electron chi connectivity index (χ0n) is 11.2. The van der Waals surface area contributed by atoms with Crippen LogP contribution in [0, 0.1) is 0 Å². The maximum atomic E-state index is 11.5. The molecule has 0 spiro atoms. The molecule has 4 N–H and O–H groups in total. The lowest BCUT2D eigenvalue weighted by molar-refractivity contribution is 0.0643. The third-order valence-electron chi connectivity index (χ3n) is 3.56. The first kappa shape index (κ1) is 12.9. The third-order valence-corrected chi connectivity index (χ3v) is 3.56. The first-order chi connectivity index (χ1) is 8.45. The zero-order valence-corrected chi connectivity index (χ0v) is 11.2. The highest BCUT2D eigenvalue weighted by molar-refractivity contribution is 5.96. The largest absolute Gasteiger partial charge is 0.395 e. The highest BCUT2D eigenvalue weighted by Crippen LogP contribution is 2.28. The summed E-state index contributed by atoms with van der Waals surface area (Å²) in [7, 11) is 0. The van der Waals surface area contributed by atoms with Crippen molar-refractivity contribution in [2.24, 2.45) is 5.73 Å². The molecule has 0 bridgehead atoms. The minimum Gasteiger partial charge on any atom is -0.395 e. The zero-order chi connectivity index (χ0) is 13.4. The van der Waals surface area contributed by atoms with E-state index in [1.54, 1.807) is 4.68 Å². The number of nitrogen functional groups attached to an aromatic ring is 1. The normalized spacial score (nSPS) is 17.1. The molecule has 0 aliphatic carbocycles. The van der Waals surface area contributed by atoms with Gasteiger partial charge in [0.15, 0.2) is 0 Å². The Kier molecular flexibility index (Phi) is 3.30. The standard InChI is InChI=1S/C12H21N5O/c1-4-9-10(13)11(12(14)18)17(15-9)8-5-16(6-8)7(2)3/h7-8H,4-6,13H2,1-3H3,(H2,14,18). The van der Waals surface area contributed by atoms with Crippen LogP contribution in [0.5, 0.6) is 0 Å². The molecule has 2 heterocycles. The van der Waals surface area contributed by atoms with Gasteiger partial charge < -0.3 is 11.5 Å². The van der Waals surface area contributed by atoms with E-state index in [1.807, 2.05) is 6.92 Å². The van der Waals surface area contributed by atoms with Crippen LogP contribution in [0.3, 0.4) is 0 Å². The molecule has 1 aromatic heterocycles. The molecule has 0 aromatic carbocycles. The molecule has 1 amide bonds. The van der Waals surface area contributed by atoms with Crippen LogP contribution in [-0.4, -0.2) is 39.7 Å². The number of aromatic nitrogens is 2. The molecule has 1 fully saturated rings. The average molecular weight is 251 g/mol. The third kappa shape index (κ3) is 1.96. The lowest BCUT2D eigenvalue weighted by Crippen LogP contribution is -2.51. The summed E-state index contributed by atoms with van der Waals surface area (Å²) < 4.78 is 1.72. The van der Waals surface area contributed by atoms with Gasteiger partial charge in [-0.3, -0.25) is 14.4 Å². The summed E-state index contributed by atoms with van der Waals surface area (Å²) in [5, 5.41) is 4.43. The summed E-state index contributed by atoms with van der Waals surface area (Å²) in [6, 6.07) is 0.717. The highest BCUT2D eigenvalue weighted by atomic mass is 16.1. The topological polar surface area (TPSA) is 90.2 Å². The van der Waals surface area contributed by atoms with Crippen molar-refractivity contribution in [1.82, 2.24) is 14.7 Å². The van der Waals surface area contributed by atoms with Crippen molar-refractivity contribution in [2.45, 2.75) is 39.3 Å². The number of nitrogens with two attached hydrogens (primary N) is 2. The summed E-state index contributed by atoms with van der Waals surface area (Å²) in [5.74, 6) is -0.498. The van der Waals surface area contributed by atoms with E-state index < -0.39 is 5.91 Å². The number of aryl methyl sites for hydroxylation is 1. The SMILES string of the molecule is CCc1nn(C2CN(C(C)C)C2)c(C(N)=O)c1N. The minimum absolute atomic E-state index is 0.206. The average Bonchev–Trinajstić information content (AvgIpc) is 2.52. The smallest absolute Gasteiger partial charge is 0.269 e. The summed E-state index contributed by atoms with van der Waals surface area (Å²) in [6.45, 7) is 8.06. The summed E-state index contributed by atoms with van der Waals surface area (Å²) >= 11 is 0. The Morgan fingerprint density at radius 1 is 1.50 bits per heavy atom. The van der Waals surface area contributed by atoms with Gasteiger partial charge in [-0.05, 0) is 20.3 Å². The number of likely N-dealkylation sites (tertiary alicyclic amines) is 1. The van der Waals surface area contributed by atoms with Crippen LogP contribution in [-0.2, 0) is 6.42 Å². The molecule has 0 atom stereocenters. The number of rotatable bonds is 4. The van der Waals surface area contributed by atoms with E-state index in [0.29, 0.717) is 23.8 Å². The van der Waals surface area contributed by atoms with Crippen LogP contribution in [0.15, 0.2) is 0 Å². The van der Waals surface area contributed by atoms with Crippen molar-refractivity contribution in [1.29, 1.82) is 0 Å². The fourth-order valence-electron chi connectivity index (χ4n) is 2.33. The Bertz CT molecular complexity index is 459. The molecule has 6 heteroatoms. The van der Waals surface area contributed by atoms with E-state index in [-0.39, 0.29) is 6.04 Å². The first-order valence-corrected chi connectivity index (χ1v) is 6.36. The Labute approximate surface area is 107 Å². The van der Waals surface area contributed by atoms with Crippen LogP contribution in [0.2, 0.25) is 0 Å². The Morgan fingerprint density at radius 3 is 2.56 bits per heavy atom. The van der Waals surface area contributed by atoms with Gasteiger partial charge in [-0.2, -0.15) is 5.10 Å². The second kappa shape index (κ2) is 4.61. The van der Waals surface area contributed by atoms with Crippen LogP contribution >= 0.6 is 0 Å². The molecule has 18 heavy (non-hydrogen) atoms. The van der Waals surface area contributed by atoms with Gasteiger partial charge in [0.1, 0.15) is 5.69 Å². The Balaban J connectivity index is 2.26. The predicted octanol–water partition coefficient (Wildman–Crippen LogP) is 0.392. The molecule has 1 aliphatic rings. The van der Waals surface area contributed by atoms with E-state index in [1.165, 1.54) is 0 Å². The molecule has 1 saturated heterocycles. The maximum absolute atomic E-state index is 11.5. The van der Waals surface area contributed by atoms with E-state index >= 15 is 0 Å². The van der Waals surface area contributed by atoms with Gasteiger partial charge in [0.25, 0.3) is 5.91 Å². The second-order valence-corrected chi connectivity index (χ2v) is 5.07. The molecule has 6 nitrogen and oxygen atoms in total. The lowest BCUT2D eigenvalue weighted by Gasteiger charge is -2.42. The number of hydrogen-bond acceptors (Lipinski definition) is 4. The molecule has 2 rings (SSSR count). The summed E-state index contributed by atoms with van der Waals surface area (Å²) in [6.07, 6.45) is 0.708. The number of primary amides is 1. The number of anilines is 1. The van der Waals surface area contributed by atoms with Gasteiger partial charge in [0.2, 0.25) is 0 Å². The van der Waals surface area contributed by atoms with Crippen molar-refractivity contribution in [3.05, 3.63) is 11.4 Å². The summed E-state index contributed by atoms with van der Waals surface area (Å²) in [4.78, 5) is 13.8. The van der Waals surface area contributed by atoms with Crippen molar-refractivity contribution < 1.29 is 4.79 Å². The van der Waals surface area contributed by atoms with E-state index in [4.69, 9.17) is 11.5 Å². The molecule has 1 aromatic rings. The van der Waals surface area contributed by atoms with Gasteiger partial charge in [-0.1, -0.05) is 6.92 Å². The summed E-state index contributed by atoms with van der Waals surface area (Å²) in [5.41, 5.74) is 12.9. The lowest BCUT2D eigenvalue weighted by atomic mass is 10.1. The van der Waals surface area contributed by atoms with Crippen LogP contribution in [0.4, 0.5) is 5.69 Å². The molecule has 0 radical (unpaired) electrons. The Morgan fingerprint density at radius 2 is 2.11 bits per heavy atom. The van der Waals surface area contributed by atoms with E-state index in [0.717, 1.165) is 18.8 Å². The van der Waals surface area contributed by atoms with Crippen LogP contribution in [0.1, 0.15) is 43.0 Å².